The molecule has 0 aliphatic heterocycles. The van der Waals surface area contributed by atoms with Crippen LogP contribution < -0.4 is 9.47 Å². The summed E-state index contributed by atoms with van der Waals surface area (Å²) in [5.74, 6) is 1.30. The largest absolute Gasteiger partial charge is 0.493 e. The zero-order valence-electron chi connectivity index (χ0n) is 22.5. The molecule has 2 amide bonds. The zero-order valence-corrected chi connectivity index (χ0v) is 22.5. The second-order valence-corrected chi connectivity index (χ2v) is 9.08. The van der Waals surface area contributed by atoms with Crippen LogP contribution in [0.25, 0.3) is 6.08 Å². The molecule has 0 aliphatic carbocycles. The Bertz CT molecular complexity index is 1280. The Balaban J connectivity index is 1.72. The van der Waals surface area contributed by atoms with Crippen LogP contribution in [0.15, 0.2) is 71.4 Å². The van der Waals surface area contributed by atoms with Crippen molar-refractivity contribution in [1.82, 2.24) is 9.80 Å². The molecule has 10 heteroatoms. The fourth-order valence-electron chi connectivity index (χ4n) is 3.91. The van der Waals surface area contributed by atoms with Crippen molar-refractivity contribution >= 4 is 23.6 Å². The summed E-state index contributed by atoms with van der Waals surface area (Å²) < 4.78 is 16.2. The van der Waals surface area contributed by atoms with Crippen molar-refractivity contribution in [1.29, 1.82) is 0 Å². The first-order valence-electron chi connectivity index (χ1n) is 12.5. The van der Waals surface area contributed by atoms with Crippen molar-refractivity contribution in [3.8, 4) is 11.5 Å². The third-order valence-electron chi connectivity index (χ3n) is 6.13. The molecular weight excluding hydrogens is 502 g/mol. The molecule has 206 valence electrons. The number of hydrogen-bond donors (Lipinski definition) is 0. The number of nitro benzene ring substituents is 1. The average Bonchev–Trinajstić information content (AvgIpc) is 3.45. The minimum atomic E-state index is -0.482. The van der Waals surface area contributed by atoms with Crippen molar-refractivity contribution in [2.45, 2.75) is 32.9 Å². The first-order chi connectivity index (χ1) is 18.7. The summed E-state index contributed by atoms with van der Waals surface area (Å²) in [4.78, 5) is 40.0. The summed E-state index contributed by atoms with van der Waals surface area (Å²) in [7, 11) is 3.14. The molecule has 0 saturated carbocycles. The normalized spacial score (nSPS) is 11.0. The van der Waals surface area contributed by atoms with Crippen molar-refractivity contribution in [3.05, 3.63) is 93.9 Å². The Morgan fingerprint density at radius 2 is 1.77 bits per heavy atom. The maximum Gasteiger partial charge on any atom is 0.269 e. The van der Waals surface area contributed by atoms with Gasteiger partial charge in [-0.15, -0.1) is 0 Å². The van der Waals surface area contributed by atoms with E-state index in [2.05, 4.69) is 0 Å². The van der Waals surface area contributed by atoms with Gasteiger partial charge in [0.15, 0.2) is 11.5 Å². The lowest BCUT2D eigenvalue weighted by molar-refractivity contribution is -0.384. The molecule has 0 bridgehead atoms. The van der Waals surface area contributed by atoms with Crippen molar-refractivity contribution in [2.24, 2.45) is 0 Å². The van der Waals surface area contributed by atoms with Crippen LogP contribution in [0.4, 0.5) is 5.69 Å². The predicted octanol–water partition coefficient (Wildman–Crippen LogP) is 4.73. The summed E-state index contributed by atoms with van der Waals surface area (Å²) >= 11 is 0. The van der Waals surface area contributed by atoms with Gasteiger partial charge in [0.05, 0.1) is 32.0 Å². The lowest BCUT2D eigenvalue weighted by Crippen LogP contribution is -2.45. The molecule has 1 aromatic heterocycles. The number of amides is 2. The number of benzene rings is 2. The molecule has 0 unspecified atom stereocenters. The number of ether oxygens (including phenoxy) is 2. The van der Waals surface area contributed by atoms with E-state index in [1.807, 2.05) is 32.0 Å². The van der Waals surface area contributed by atoms with Crippen LogP contribution in [0.5, 0.6) is 11.5 Å². The fourth-order valence-corrected chi connectivity index (χ4v) is 3.91. The molecule has 39 heavy (non-hydrogen) atoms. The Hall–Kier alpha value is -4.60. The van der Waals surface area contributed by atoms with Gasteiger partial charge >= 0.3 is 0 Å². The van der Waals surface area contributed by atoms with Gasteiger partial charge in [-0.25, -0.2) is 0 Å². The van der Waals surface area contributed by atoms with E-state index >= 15 is 0 Å². The molecule has 0 N–H and O–H groups in total. The Labute approximate surface area is 227 Å². The highest BCUT2D eigenvalue weighted by molar-refractivity contribution is 5.94. The quantitative estimate of drug-likeness (QED) is 0.177. The van der Waals surface area contributed by atoms with Crippen LogP contribution in [0.2, 0.25) is 0 Å². The van der Waals surface area contributed by atoms with Crippen LogP contribution in [0, 0.1) is 10.1 Å². The summed E-state index contributed by atoms with van der Waals surface area (Å²) in [6.45, 7) is 4.22. The lowest BCUT2D eigenvalue weighted by Gasteiger charge is -2.29. The first-order valence-corrected chi connectivity index (χ1v) is 12.5. The standard InChI is InChI=1S/C29H33N3O7/c1-21(2)31(28(33)14-10-22-7-11-24(12-8-22)32(35)36)20-29(34)30(19-25-6-5-17-39-25)16-15-23-9-13-26(37-3)27(18-23)38-4/h5-14,17-18,21H,15-16,19-20H2,1-4H3/b14-10+. The van der Waals surface area contributed by atoms with E-state index in [0.29, 0.717) is 35.8 Å². The third kappa shape index (κ3) is 8.19. The zero-order chi connectivity index (χ0) is 28.4. The van der Waals surface area contributed by atoms with E-state index < -0.39 is 4.92 Å². The summed E-state index contributed by atoms with van der Waals surface area (Å²) in [5.41, 5.74) is 1.57. The van der Waals surface area contributed by atoms with Gasteiger partial charge in [-0.3, -0.25) is 19.7 Å². The van der Waals surface area contributed by atoms with E-state index in [-0.39, 0.29) is 36.6 Å². The Kier molecular flexibility index (Phi) is 10.3. The number of non-ortho nitro benzene ring substituents is 1. The molecule has 10 nitrogen and oxygen atoms in total. The van der Waals surface area contributed by atoms with Crippen molar-refractivity contribution < 1.29 is 28.4 Å². The predicted molar refractivity (Wildman–Crippen MR) is 146 cm³/mol. The molecule has 2 aromatic carbocycles. The number of hydrogen-bond acceptors (Lipinski definition) is 7. The molecule has 0 radical (unpaired) electrons. The fraction of sp³-hybridized carbons (Fsp3) is 0.310. The third-order valence-corrected chi connectivity index (χ3v) is 6.13. The minimum absolute atomic E-state index is 0.0300. The molecule has 0 atom stereocenters. The summed E-state index contributed by atoms with van der Waals surface area (Å²) in [6.07, 6.45) is 5.06. The van der Waals surface area contributed by atoms with E-state index in [4.69, 9.17) is 13.9 Å². The second kappa shape index (κ2) is 13.8. The number of nitro groups is 1. The monoisotopic (exact) mass is 535 g/mol. The number of carbonyl (C=O) groups excluding carboxylic acids is 2. The summed E-state index contributed by atoms with van der Waals surface area (Å²) in [6, 6.07) is 14.8. The van der Waals surface area contributed by atoms with Gasteiger partial charge in [-0.2, -0.15) is 0 Å². The molecule has 0 spiro atoms. The Morgan fingerprint density at radius 3 is 2.36 bits per heavy atom. The van der Waals surface area contributed by atoms with Crippen molar-refractivity contribution in [3.63, 3.8) is 0 Å². The Morgan fingerprint density at radius 1 is 1.05 bits per heavy atom. The highest BCUT2D eigenvalue weighted by atomic mass is 16.6. The maximum atomic E-state index is 13.5. The molecule has 3 aromatic rings. The number of carbonyl (C=O) groups is 2. The van der Waals surface area contributed by atoms with Crippen LogP contribution >= 0.6 is 0 Å². The van der Waals surface area contributed by atoms with Gasteiger partial charge in [-0.1, -0.05) is 6.07 Å². The van der Waals surface area contributed by atoms with E-state index in [1.165, 1.54) is 23.1 Å². The second-order valence-electron chi connectivity index (χ2n) is 9.08. The van der Waals surface area contributed by atoms with Crippen molar-refractivity contribution in [2.75, 3.05) is 27.3 Å². The van der Waals surface area contributed by atoms with Crippen LogP contribution in [-0.4, -0.2) is 59.9 Å². The van der Waals surface area contributed by atoms with Gasteiger partial charge in [0.25, 0.3) is 5.69 Å². The highest BCUT2D eigenvalue weighted by Gasteiger charge is 2.23. The van der Waals surface area contributed by atoms with E-state index in [1.54, 1.807) is 55.7 Å². The van der Waals surface area contributed by atoms with Gasteiger partial charge in [0.2, 0.25) is 11.8 Å². The topological polar surface area (TPSA) is 115 Å². The SMILES string of the molecule is COc1ccc(CCN(Cc2ccco2)C(=O)CN(C(=O)/C=C/c2ccc([N+](=O)[O-])cc2)C(C)C)cc1OC. The molecular formula is C29H33N3O7. The number of rotatable bonds is 13. The number of methoxy groups -OCH3 is 2. The molecule has 3 rings (SSSR count). The lowest BCUT2D eigenvalue weighted by atomic mass is 10.1. The number of nitrogens with zero attached hydrogens (tertiary/aromatic N) is 3. The number of furan rings is 1. The highest BCUT2D eigenvalue weighted by Crippen LogP contribution is 2.28. The van der Waals surface area contributed by atoms with Gasteiger partial charge in [0, 0.05) is 30.8 Å². The van der Waals surface area contributed by atoms with Crippen LogP contribution in [-0.2, 0) is 22.6 Å². The molecule has 0 fully saturated rings. The molecule has 0 saturated heterocycles. The average molecular weight is 536 g/mol. The van der Waals surface area contributed by atoms with Crippen LogP contribution in [0.1, 0.15) is 30.7 Å². The maximum absolute atomic E-state index is 13.5. The van der Waals surface area contributed by atoms with Gasteiger partial charge in [0.1, 0.15) is 12.3 Å². The van der Waals surface area contributed by atoms with E-state index in [0.717, 1.165) is 5.56 Å². The van der Waals surface area contributed by atoms with Gasteiger partial charge < -0.3 is 23.7 Å². The first kappa shape index (κ1) is 29.0. The molecule has 0 aliphatic rings. The minimum Gasteiger partial charge on any atom is -0.493 e. The van der Waals surface area contributed by atoms with E-state index in [9.17, 15) is 19.7 Å². The smallest absolute Gasteiger partial charge is 0.269 e. The molecule has 1 heterocycles. The van der Waals surface area contributed by atoms with Crippen LogP contribution in [0.3, 0.4) is 0 Å². The summed E-state index contributed by atoms with van der Waals surface area (Å²) in [5, 5.41) is 10.9. The van der Waals surface area contributed by atoms with Gasteiger partial charge in [-0.05, 0) is 73.9 Å².